The number of hydrogen-bond donors (Lipinski definition) is 0. The third kappa shape index (κ3) is 3.18. The summed E-state index contributed by atoms with van der Waals surface area (Å²) in [5, 5.41) is 0. The summed E-state index contributed by atoms with van der Waals surface area (Å²) in [6.45, 7) is 1.91. The van der Waals surface area contributed by atoms with Crippen LogP contribution in [0.2, 0.25) is 0 Å². The van der Waals surface area contributed by atoms with Crippen molar-refractivity contribution in [2.24, 2.45) is 10.9 Å². The highest BCUT2D eigenvalue weighted by atomic mass is 16.3. The van der Waals surface area contributed by atoms with Crippen LogP contribution in [0.1, 0.15) is 30.8 Å². The van der Waals surface area contributed by atoms with Gasteiger partial charge in [0.2, 0.25) is 0 Å². The molecule has 0 spiro atoms. The van der Waals surface area contributed by atoms with Crippen LogP contribution in [0.4, 0.5) is 5.69 Å². The van der Waals surface area contributed by atoms with Crippen molar-refractivity contribution in [2.75, 3.05) is 0 Å². The standard InChI is InChI=1S/C22H19NO3/c1-15(23-17-7-3-2-4-8-17)22-18(21-10-6-12-26-21)13-16(14-19(22)24)20-9-5-11-25-20/h2-12,14,18,22H,13H2,1H3/t18-,22+/m1/s1. The summed E-state index contributed by atoms with van der Waals surface area (Å²) in [6, 6.07) is 17.2. The van der Waals surface area contributed by atoms with E-state index in [1.165, 1.54) is 0 Å². The maximum Gasteiger partial charge on any atom is 0.165 e. The molecule has 1 aromatic carbocycles. The van der Waals surface area contributed by atoms with Crippen LogP contribution in [-0.2, 0) is 4.79 Å². The van der Waals surface area contributed by atoms with E-state index >= 15 is 0 Å². The molecule has 2 heterocycles. The fraction of sp³-hybridized carbons (Fsp3) is 0.182. The Morgan fingerprint density at radius 3 is 2.46 bits per heavy atom. The largest absolute Gasteiger partial charge is 0.469 e. The summed E-state index contributed by atoms with van der Waals surface area (Å²) in [5.74, 6) is 1.10. The molecule has 0 saturated heterocycles. The molecule has 4 heteroatoms. The number of carbonyl (C=O) groups excluding carboxylic acids is 1. The Bertz CT molecular complexity index is 935. The quantitative estimate of drug-likeness (QED) is 0.593. The van der Waals surface area contributed by atoms with Gasteiger partial charge in [-0.15, -0.1) is 0 Å². The number of rotatable bonds is 4. The third-order valence-electron chi connectivity index (χ3n) is 4.72. The molecule has 0 aliphatic heterocycles. The monoisotopic (exact) mass is 345 g/mol. The van der Waals surface area contributed by atoms with Crippen LogP contribution in [0, 0.1) is 5.92 Å². The molecule has 2 atom stereocenters. The van der Waals surface area contributed by atoms with Crippen molar-refractivity contribution in [1.29, 1.82) is 0 Å². The summed E-state index contributed by atoms with van der Waals surface area (Å²) < 4.78 is 11.1. The number of ketones is 1. The molecule has 0 saturated carbocycles. The van der Waals surface area contributed by atoms with E-state index in [1.54, 1.807) is 18.6 Å². The van der Waals surface area contributed by atoms with Gasteiger partial charge in [-0.2, -0.15) is 0 Å². The molecule has 26 heavy (non-hydrogen) atoms. The van der Waals surface area contributed by atoms with Gasteiger partial charge < -0.3 is 8.83 Å². The minimum Gasteiger partial charge on any atom is -0.469 e. The second-order valence-electron chi connectivity index (χ2n) is 6.44. The zero-order valence-corrected chi connectivity index (χ0v) is 14.5. The van der Waals surface area contributed by atoms with E-state index in [-0.39, 0.29) is 17.6 Å². The second-order valence-corrected chi connectivity index (χ2v) is 6.44. The van der Waals surface area contributed by atoms with Gasteiger partial charge >= 0.3 is 0 Å². The number of carbonyl (C=O) groups is 1. The zero-order valence-electron chi connectivity index (χ0n) is 14.5. The first-order valence-corrected chi connectivity index (χ1v) is 8.64. The zero-order chi connectivity index (χ0) is 17.9. The number of furan rings is 2. The topological polar surface area (TPSA) is 55.7 Å². The summed E-state index contributed by atoms with van der Waals surface area (Å²) in [6.07, 6.45) is 5.62. The van der Waals surface area contributed by atoms with Crippen molar-refractivity contribution in [3.63, 3.8) is 0 Å². The lowest BCUT2D eigenvalue weighted by Gasteiger charge is -2.28. The highest BCUT2D eigenvalue weighted by molar-refractivity contribution is 6.13. The van der Waals surface area contributed by atoms with E-state index in [0.29, 0.717) is 6.42 Å². The van der Waals surface area contributed by atoms with Gasteiger partial charge in [0.15, 0.2) is 5.78 Å². The van der Waals surface area contributed by atoms with E-state index in [4.69, 9.17) is 8.83 Å². The minimum absolute atomic E-state index is 0.0289. The van der Waals surface area contributed by atoms with Crippen molar-refractivity contribution in [3.8, 4) is 0 Å². The van der Waals surface area contributed by atoms with Crippen LogP contribution in [-0.4, -0.2) is 11.5 Å². The Hall–Kier alpha value is -3.14. The van der Waals surface area contributed by atoms with Crippen molar-refractivity contribution in [1.82, 2.24) is 0 Å². The van der Waals surface area contributed by atoms with Crippen LogP contribution in [0.25, 0.3) is 5.57 Å². The molecule has 4 nitrogen and oxygen atoms in total. The molecule has 3 aromatic rings. The first-order chi connectivity index (χ1) is 12.7. The van der Waals surface area contributed by atoms with E-state index in [9.17, 15) is 4.79 Å². The number of para-hydroxylation sites is 1. The smallest absolute Gasteiger partial charge is 0.165 e. The number of hydrogen-bond acceptors (Lipinski definition) is 4. The fourth-order valence-electron chi connectivity index (χ4n) is 3.55. The molecular weight excluding hydrogens is 326 g/mol. The first kappa shape index (κ1) is 16.3. The highest BCUT2D eigenvalue weighted by Crippen LogP contribution is 2.41. The van der Waals surface area contributed by atoms with Crippen LogP contribution < -0.4 is 0 Å². The number of aliphatic imine (C=N–C) groups is 1. The molecule has 1 aliphatic carbocycles. The van der Waals surface area contributed by atoms with Crippen molar-refractivity contribution < 1.29 is 13.6 Å². The van der Waals surface area contributed by atoms with Gasteiger partial charge in [0.25, 0.3) is 0 Å². The molecule has 0 bridgehead atoms. The summed E-state index contributed by atoms with van der Waals surface area (Å²) in [5.41, 5.74) is 2.53. The molecule has 4 rings (SSSR count). The van der Waals surface area contributed by atoms with Crippen LogP contribution in [0.5, 0.6) is 0 Å². The van der Waals surface area contributed by atoms with Gasteiger partial charge in [0.05, 0.1) is 24.1 Å². The SMILES string of the molecule is CC(=Nc1ccccc1)[C@@H]1C(=O)C=C(c2ccco2)C[C@@H]1c1ccco1. The van der Waals surface area contributed by atoms with Gasteiger partial charge in [0, 0.05) is 11.6 Å². The van der Waals surface area contributed by atoms with Gasteiger partial charge in [-0.05, 0) is 61.4 Å². The number of benzene rings is 1. The van der Waals surface area contributed by atoms with Crippen molar-refractivity contribution in [2.45, 2.75) is 19.3 Å². The van der Waals surface area contributed by atoms with Crippen LogP contribution in [0.15, 0.2) is 87.0 Å². The summed E-state index contributed by atoms with van der Waals surface area (Å²) in [7, 11) is 0. The maximum absolute atomic E-state index is 13.0. The maximum atomic E-state index is 13.0. The lowest BCUT2D eigenvalue weighted by molar-refractivity contribution is -0.117. The predicted molar refractivity (Wildman–Crippen MR) is 100 cm³/mol. The average Bonchev–Trinajstić information content (AvgIpc) is 3.35. The van der Waals surface area contributed by atoms with E-state index in [1.807, 2.05) is 61.5 Å². The van der Waals surface area contributed by atoms with E-state index in [2.05, 4.69) is 4.99 Å². The van der Waals surface area contributed by atoms with Crippen LogP contribution >= 0.6 is 0 Å². The minimum atomic E-state index is -0.347. The molecule has 2 aromatic heterocycles. The molecular formula is C22H19NO3. The normalized spacial score (nSPS) is 20.9. The molecule has 0 N–H and O–H groups in total. The lowest BCUT2D eigenvalue weighted by atomic mass is 9.74. The molecule has 0 amide bonds. The molecule has 1 aliphatic rings. The first-order valence-electron chi connectivity index (χ1n) is 8.64. The van der Waals surface area contributed by atoms with Gasteiger partial charge in [-0.1, -0.05) is 18.2 Å². The molecule has 130 valence electrons. The van der Waals surface area contributed by atoms with E-state index < -0.39 is 0 Å². The van der Waals surface area contributed by atoms with Gasteiger partial charge in [-0.25, -0.2) is 0 Å². The van der Waals surface area contributed by atoms with Crippen LogP contribution in [0.3, 0.4) is 0 Å². The second kappa shape index (κ2) is 7.00. The van der Waals surface area contributed by atoms with Gasteiger partial charge in [0.1, 0.15) is 11.5 Å². The number of allylic oxidation sites excluding steroid dienone is 2. The van der Waals surface area contributed by atoms with E-state index in [0.717, 1.165) is 28.5 Å². The third-order valence-corrected chi connectivity index (χ3v) is 4.72. The lowest BCUT2D eigenvalue weighted by Crippen LogP contribution is -2.31. The summed E-state index contributed by atoms with van der Waals surface area (Å²) >= 11 is 0. The Morgan fingerprint density at radius 1 is 1.00 bits per heavy atom. The highest BCUT2D eigenvalue weighted by Gasteiger charge is 2.37. The molecule has 0 unspecified atom stereocenters. The van der Waals surface area contributed by atoms with Crippen molar-refractivity contribution >= 4 is 22.8 Å². The number of nitrogens with zero attached hydrogens (tertiary/aromatic N) is 1. The predicted octanol–water partition coefficient (Wildman–Crippen LogP) is 5.42. The summed E-state index contributed by atoms with van der Waals surface area (Å²) in [4.78, 5) is 17.7. The fourth-order valence-corrected chi connectivity index (χ4v) is 3.55. The Morgan fingerprint density at radius 2 is 1.77 bits per heavy atom. The van der Waals surface area contributed by atoms with Crippen molar-refractivity contribution in [3.05, 3.63) is 84.7 Å². The Labute approximate surface area is 151 Å². The molecule has 0 radical (unpaired) electrons. The molecule has 0 fully saturated rings. The average molecular weight is 345 g/mol. The van der Waals surface area contributed by atoms with Gasteiger partial charge in [-0.3, -0.25) is 9.79 Å². The Balaban J connectivity index is 1.74. The Kier molecular flexibility index (Phi) is 4.40.